The number of nitrogens with zero attached hydrogens (tertiary/aromatic N) is 1. The Hall–Kier alpha value is -4.26. The quantitative estimate of drug-likeness (QED) is 0.104. The Labute approximate surface area is 274 Å². The summed E-state index contributed by atoms with van der Waals surface area (Å²) in [7, 11) is 1.52. The van der Waals surface area contributed by atoms with Crippen molar-refractivity contribution in [1.29, 1.82) is 0 Å². The molecule has 1 atom stereocenters. The first-order valence-electron chi connectivity index (χ1n) is 15.6. The molecule has 0 aromatic heterocycles. The van der Waals surface area contributed by atoms with Crippen LogP contribution in [0.25, 0.3) is 0 Å². The molecule has 1 heterocycles. The smallest absolute Gasteiger partial charge is 0.430 e. The van der Waals surface area contributed by atoms with Gasteiger partial charge in [-0.15, -0.1) is 0 Å². The number of imide groups is 1. The van der Waals surface area contributed by atoms with Crippen LogP contribution in [-0.2, 0) is 28.8 Å². The van der Waals surface area contributed by atoms with Crippen molar-refractivity contribution in [2.45, 2.75) is 75.9 Å². The Morgan fingerprint density at radius 3 is 2.06 bits per heavy atom. The Kier molecular flexibility index (Phi) is 11.0. The largest absolute Gasteiger partial charge is 0.497 e. The molecule has 1 aliphatic rings. The molecule has 0 saturated carbocycles. The topological polar surface area (TPSA) is 88.1 Å². The number of carbonyl (C=O) groups excluding carboxylic acids is 2. The highest BCUT2D eigenvalue weighted by atomic mass is 19.4. The summed E-state index contributed by atoms with van der Waals surface area (Å²) in [6.45, 7) is 3.57. The monoisotopic (exact) mass is 680 g/mol. The molecule has 13 heteroatoms. The SMILES string of the molecule is CCCc1cc(C(O)(C(F)(F)F)C(F)(F)F)cc(Cc2ccccc2)c1OCCCCN1C(=O)NC(CC)(c2ccc(OC)cc2)C1=O. The van der Waals surface area contributed by atoms with Gasteiger partial charge in [0.05, 0.1) is 13.7 Å². The molecule has 0 aliphatic carbocycles. The number of ether oxygens (including phenoxy) is 2. The minimum Gasteiger partial charge on any atom is -0.497 e. The van der Waals surface area contributed by atoms with Crippen molar-refractivity contribution in [2.75, 3.05) is 20.3 Å². The summed E-state index contributed by atoms with van der Waals surface area (Å²) < 4.78 is 94.4. The lowest BCUT2D eigenvalue weighted by atomic mass is 9.86. The molecule has 0 spiro atoms. The predicted octanol–water partition coefficient (Wildman–Crippen LogP) is 7.57. The minimum atomic E-state index is -6.04. The van der Waals surface area contributed by atoms with Gasteiger partial charge in [0.25, 0.3) is 11.5 Å². The van der Waals surface area contributed by atoms with E-state index in [1.54, 1.807) is 68.4 Å². The lowest BCUT2D eigenvalue weighted by Crippen LogP contribution is -2.54. The minimum absolute atomic E-state index is 0.00170. The van der Waals surface area contributed by atoms with E-state index in [2.05, 4.69) is 5.32 Å². The molecule has 2 N–H and O–H groups in total. The van der Waals surface area contributed by atoms with Gasteiger partial charge in [-0.2, -0.15) is 26.3 Å². The van der Waals surface area contributed by atoms with Crippen LogP contribution in [-0.4, -0.2) is 54.6 Å². The van der Waals surface area contributed by atoms with E-state index in [9.17, 15) is 41.0 Å². The van der Waals surface area contributed by atoms with Gasteiger partial charge in [0.15, 0.2) is 0 Å². The number of hydrogen-bond donors (Lipinski definition) is 2. The second kappa shape index (κ2) is 14.5. The van der Waals surface area contributed by atoms with Crippen molar-refractivity contribution in [3.63, 3.8) is 0 Å². The average molecular weight is 681 g/mol. The van der Waals surface area contributed by atoms with Crippen molar-refractivity contribution in [3.05, 3.63) is 94.5 Å². The van der Waals surface area contributed by atoms with E-state index < -0.39 is 41.0 Å². The molecule has 1 fully saturated rings. The summed E-state index contributed by atoms with van der Waals surface area (Å²) in [5.74, 6) is 0.322. The number of aryl methyl sites for hydroxylation is 1. The first-order chi connectivity index (χ1) is 22.6. The molecule has 1 saturated heterocycles. The Morgan fingerprint density at radius 1 is 0.875 bits per heavy atom. The molecule has 260 valence electrons. The Bertz CT molecular complexity index is 1560. The normalized spacial score (nSPS) is 17.1. The highest BCUT2D eigenvalue weighted by Crippen LogP contribution is 2.51. The zero-order chi connectivity index (χ0) is 35.3. The second-order valence-electron chi connectivity index (χ2n) is 11.7. The number of urea groups is 1. The predicted molar refractivity (Wildman–Crippen MR) is 166 cm³/mol. The molecule has 3 aromatic rings. The van der Waals surface area contributed by atoms with E-state index in [1.165, 1.54) is 7.11 Å². The zero-order valence-electron chi connectivity index (χ0n) is 26.8. The number of unbranched alkanes of at least 4 members (excludes halogenated alkanes) is 1. The standard InChI is InChI=1S/C35H38F6N2O5/c1-4-11-24-21-27(33(46,34(36,37)38)35(39,40)41)22-25(20-23-12-7-6-8-13-23)29(24)48-19-10-9-18-43-30(44)32(5-2,42-31(43)45)26-14-16-28(47-3)17-15-26/h6-8,12-17,21-22,46H,4-5,9-11,18-20H2,1-3H3,(H,42,45). The van der Waals surface area contributed by atoms with E-state index in [1.807, 2.05) is 0 Å². The third-order valence-electron chi connectivity index (χ3n) is 8.55. The van der Waals surface area contributed by atoms with Crippen molar-refractivity contribution in [3.8, 4) is 11.5 Å². The van der Waals surface area contributed by atoms with Gasteiger partial charge < -0.3 is 19.9 Å². The van der Waals surface area contributed by atoms with Gasteiger partial charge in [0.1, 0.15) is 17.0 Å². The van der Waals surface area contributed by atoms with Crippen LogP contribution in [0.2, 0.25) is 0 Å². The summed E-state index contributed by atoms with van der Waals surface area (Å²) in [4.78, 5) is 27.5. The van der Waals surface area contributed by atoms with E-state index in [0.717, 1.165) is 4.90 Å². The number of rotatable bonds is 14. The Balaban J connectivity index is 1.55. The maximum Gasteiger partial charge on any atom is 0.430 e. The number of nitrogens with one attached hydrogen (secondary N) is 1. The third kappa shape index (κ3) is 7.11. The molecule has 3 aromatic carbocycles. The van der Waals surface area contributed by atoms with Crippen molar-refractivity contribution in [2.24, 2.45) is 0 Å². The average Bonchev–Trinajstić information content (AvgIpc) is 3.29. The molecule has 48 heavy (non-hydrogen) atoms. The fraction of sp³-hybridized carbons (Fsp3) is 0.429. The number of methoxy groups -OCH3 is 1. The van der Waals surface area contributed by atoms with Gasteiger partial charge >= 0.3 is 18.4 Å². The number of benzene rings is 3. The van der Waals surface area contributed by atoms with Crippen LogP contribution in [0, 0.1) is 0 Å². The van der Waals surface area contributed by atoms with Crippen LogP contribution >= 0.6 is 0 Å². The van der Waals surface area contributed by atoms with Gasteiger partial charge in [-0.1, -0.05) is 62.7 Å². The number of alkyl halides is 6. The van der Waals surface area contributed by atoms with Gasteiger partial charge in [-0.3, -0.25) is 9.69 Å². The summed E-state index contributed by atoms with van der Waals surface area (Å²) >= 11 is 0. The number of amides is 3. The van der Waals surface area contributed by atoms with Crippen LogP contribution in [0.15, 0.2) is 66.7 Å². The highest BCUT2D eigenvalue weighted by Gasteiger charge is 2.71. The van der Waals surface area contributed by atoms with Crippen molar-refractivity contribution < 1.29 is 50.5 Å². The lowest BCUT2D eigenvalue weighted by Gasteiger charge is -2.33. The van der Waals surface area contributed by atoms with Crippen molar-refractivity contribution >= 4 is 11.9 Å². The van der Waals surface area contributed by atoms with Gasteiger partial charge in [0, 0.05) is 18.5 Å². The molecule has 3 amide bonds. The Morgan fingerprint density at radius 2 is 1.50 bits per heavy atom. The van der Waals surface area contributed by atoms with Gasteiger partial charge in [0.2, 0.25) is 0 Å². The molecule has 4 rings (SSSR count). The summed E-state index contributed by atoms with van der Waals surface area (Å²) in [5, 5.41) is 13.0. The first-order valence-corrected chi connectivity index (χ1v) is 15.6. The molecule has 0 radical (unpaired) electrons. The molecule has 1 unspecified atom stereocenters. The summed E-state index contributed by atoms with van der Waals surface area (Å²) in [5.41, 5.74) is -6.30. The van der Waals surface area contributed by atoms with E-state index in [0.29, 0.717) is 54.7 Å². The second-order valence-corrected chi connectivity index (χ2v) is 11.7. The van der Waals surface area contributed by atoms with Crippen molar-refractivity contribution in [1.82, 2.24) is 10.2 Å². The number of hydrogen-bond acceptors (Lipinski definition) is 5. The summed E-state index contributed by atoms with van der Waals surface area (Å²) in [6, 6.07) is 16.1. The highest BCUT2D eigenvalue weighted by molar-refractivity contribution is 6.07. The molecular weight excluding hydrogens is 642 g/mol. The van der Waals surface area contributed by atoms with Gasteiger partial charge in [-0.05, 0) is 72.2 Å². The van der Waals surface area contributed by atoms with E-state index in [4.69, 9.17) is 9.47 Å². The number of carbonyl (C=O) groups is 2. The zero-order valence-corrected chi connectivity index (χ0v) is 26.8. The molecule has 7 nitrogen and oxygen atoms in total. The van der Waals surface area contributed by atoms with Crippen LogP contribution < -0.4 is 14.8 Å². The fourth-order valence-electron chi connectivity index (χ4n) is 5.93. The maximum absolute atomic E-state index is 13.9. The van der Waals surface area contributed by atoms with Gasteiger partial charge in [-0.25, -0.2) is 4.79 Å². The fourth-order valence-corrected chi connectivity index (χ4v) is 5.93. The van der Waals surface area contributed by atoms with Crippen LogP contribution in [0.4, 0.5) is 31.1 Å². The molecular formula is C35H38F6N2O5. The number of aliphatic hydroxyl groups is 1. The first kappa shape index (κ1) is 36.6. The third-order valence-corrected chi connectivity index (χ3v) is 8.55. The molecule has 1 aliphatic heterocycles. The van der Waals surface area contributed by atoms with Crippen LogP contribution in [0.3, 0.4) is 0 Å². The van der Waals surface area contributed by atoms with Crippen LogP contribution in [0.5, 0.6) is 11.5 Å². The lowest BCUT2D eigenvalue weighted by molar-refractivity contribution is -0.376. The number of halogens is 6. The van der Waals surface area contributed by atoms with Crippen LogP contribution in [0.1, 0.15) is 67.3 Å². The van der Waals surface area contributed by atoms with E-state index >= 15 is 0 Å². The molecule has 0 bridgehead atoms. The summed E-state index contributed by atoms with van der Waals surface area (Å²) in [6.07, 6.45) is -10.7. The van der Waals surface area contributed by atoms with E-state index in [-0.39, 0.29) is 42.9 Å². The maximum atomic E-state index is 13.9.